The highest BCUT2D eigenvalue weighted by Crippen LogP contribution is 2.66. The topological polar surface area (TPSA) is 42.7 Å². The van der Waals surface area contributed by atoms with E-state index >= 15 is 0 Å². The molecule has 6 heteroatoms. The summed E-state index contributed by atoms with van der Waals surface area (Å²) in [6.45, 7) is 5.19. The lowest BCUT2D eigenvalue weighted by molar-refractivity contribution is 0.289. The second-order valence-electron chi connectivity index (χ2n) is 5.74. The molecule has 0 amide bonds. The van der Waals surface area contributed by atoms with Crippen LogP contribution in [0.3, 0.4) is 0 Å². The van der Waals surface area contributed by atoms with Gasteiger partial charge in [-0.25, -0.2) is 14.1 Å². The van der Waals surface area contributed by atoms with Gasteiger partial charge in [-0.1, -0.05) is 25.4 Å². The Morgan fingerprint density at radius 3 is 3.06 bits per heavy atom. The summed E-state index contributed by atoms with van der Waals surface area (Å²) < 4.78 is 15.8. The first kappa shape index (κ1) is 12.4. The molecule has 1 N–H and O–H groups in total. The zero-order valence-electron chi connectivity index (χ0n) is 10.7. The number of rotatable bonds is 3. The number of nitrogens with one attached hydrogen (secondary N) is 1. The number of aromatic nitrogens is 3. The number of nitrogens with zero attached hydrogens (tertiary/aromatic N) is 3. The van der Waals surface area contributed by atoms with E-state index in [4.69, 9.17) is 11.6 Å². The summed E-state index contributed by atoms with van der Waals surface area (Å²) in [5.74, 6) is 0.945. The molecule has 3 rings (SSSR count). The molecule has 2 heterocycles. The Hall–Kier alpha value is -0.680. The monoisotopic (exact) mass is 272 g/mol. The summed E-state index contributed by atoms with van der Waals surface area (Å²) in [4.78, 5) is 4.19. The Morgan fingerprint density at radius 1 is 1.67 bits per heavy atom. The molecule has 1 aliphatic carbocycles. The first-order chi connectivity index (χ1) is 8.45. The Labute approximate surface area is 111 Å². The highest BCUT2D eigenvalue weighted by Gasteiger charge is 2.72. The quantitative estimate of drug-likeness (QED) is 0.853. The molecule has 0 aromatic carbocycles. The van der Waals surface area contributed by atoms with E-state index in [-0.39, 0.29) is 5.92 Å². The van der Waals surface area contributed by atoms with Gasteiger partial charge in [-0.05, 0) is 6.42 Å². The average Bonchev–Trinajstić information content (AvgIpc) is 2.76. The fourth-order valence-electron chi connectivity index (χ4n) is 2.83. The van der Waals surface area contributed by atoms with Gasteiger partial charge < -0.3 is 5.32 Å². The van der Waals surface area contributed by atoms with E-state index in [2.05, 4.69) is 15.4 Å². The van der Waals surface area contributed by atoms with Crippen LogP contribution in [0.25, 0.3) is 0 Å². The van der Waals surface area contributed by atoms with Gasteiger partial charge in [0.05, 0.1) is 6.54 Å². The van der Waals surface area contributed by atoms with Crippen LogP contribution in [0.5, 0.6) is 0 Å². The molecule has 0 saturated heterocycles. The molecule has 100 valence electrons. The van der Waals surface area contributed by atoms with Crippen molar-refractivity contribution in [2.75, 3.05) is 6.54 Å². The van der Waals surface area contributed by atoms with Crippen molar-refractivity contribution in [3.63, 3.8) is 0 Å². The molecule has 0 bridgehead atoms. The summed E-state index contributed by atoms with van der Waals surface area (Å²) >= 11 is 5.85. The molecule has 4 nitrogen and oxygen atoms in total. The highest BCUT2D eigenvalue weighted by molar-refractivity contribution is 6.26. The lowest BCUT2D eigenvalue weighted by Crippen LogP contribution is -2.41. The molecule has 4 atom stereocenters. The maximum atomic E-state index is 13.9. The van der Waals surface area contributed by atoms with Crippen molar-refractivity contribution in [3.05, 3.63) is 12.2 Å². The molecule has 0 spiro atoms. The van der Waals surface area contributed by atoms with Crippen LogP contribution in [0.2, 0.25) is 0 Å². The van der Waals surface area contributed by atoms with Gasteiger partial charge in [-0.3, -0.25) is 0 Å². The molecular weight excluding hydrogens is 255 g/mol. The second-order valence-corrected chi connectivity index (χ2v) is 6.29. The number of hydrogen-bond acceptors (Lipinski definition) is 3. The van der Waals surface area contributed by atoms with Crippen molar-refractivity contribution < 1.29 is 4.39 Å². The lowest BCUT2D eigenvalue weighted by Gasteiger charge is -2.25. The minimum Gasteiger partial charge on any atom is -0.311 e. The smallest absolute Gasteiger partial charge is 0.193 e. The van der Waals surface area contributed by atoms with Crippen LogP contribution < -0.4 is 5.32 Å². The van der Waals surface area contributed by atoms with E-state index in [1.807, 2.05) is 18.5 Å². The average molecular weight is 273 g/mol. The van der Waals surface area contributed by atoms with E-state index in [1.165, 1.54) is 0 Å². The Balaban J connectivity index is 1.57. The summed E-state index contributed by atoms with van der Waals surface area (Å²) in [5.41, 5.74) is -0.447. The fourth-order valence-corrected chi connectivity index (χ4v) is 3.25. The number of halogens is 2. The number of hydrogen-bond donors (Lipinski definition) is 1. The van der Waals surface area contributed by atoms with Gasteiger partial charge in [0, 0.05) is 30.3 Å². The van der Waals surface area contributed by atoms with Gasteiger partial charge in [0.2, 0.25) is 0 Å². The Bertz CT molecular complexity index is 461. The van der Waals surface area contributed by atoms with Gasteiger partial charge in [0.15, 0.2) is 5.13 Å². The van der Waals surface area contributed by atoms with E-state index in [0.717, 1.165) is 25.2 Å². The molecule has 2 aliphatic rings. The van der Waals surface area contributed by atoms with Crippen molar-refractivity contribution in [2.45, 2.75) is 44.4 Å². The molecule has 1 aromatic rings. The van der Waals surface area contributed by atoms with E-state index in [1.54, 1.807) is 6.33 Å². The van der Waals surface area contributed by atoms with Gasteiger partial charge in [0.25, 0.3) is 0 Å². The molecule has 1 aliphatic heterocycles. The molecule has 1 fully saturated rings. The molecule has 1 saturated carbocycles. The maximum Gasteiger partial charge on any atom is 0.193 e. The van der Waals surface area contributed by atoms with Crippen LogP contribution in [-0.4, -0.2) is 32.5 Å². The summed E-state index contributed by atoms with van der Waals surface area (Å²) in [6, 6.07) is 0.330. The van der Waals surface area contributed by atoms with Crippen LogP contribution in [0, 0.1) is 11.3 Å². The Kier molecular flexibility index (Phi) is 2.68. The standard InChI is InChI=1S/C12H18ClFN4/c1-8-11(2,12(8,13)14)6-15-9-3-4-10-16-7-17-18(10)5-9/h7-9,15H,3-6H2,1-2H3. The SMILES string of the molecule is CC1C(F)(Cl)C1(C)CNC1CCc2ncnn2C1. The van der Waals surface area contributed by atoms with Crippen LogP contribution in [-0.2, 0) is 13.0 Å². The first-order valence-corrected chi connectivity index (χ1v) is 6.81. The van der Waals surface area contributed by atoms with Crippen molar-refractivity contribution in [1.82, 2.24) is 20.1 Å². The maximum absolute atomic E-state index is 13.9. The van der Waals surface area contributed by atoms with Crippen LogP contribution >= 0.6 is 11.6 Å². The third-order valence-corrected chi connectivity index (χ3v) is 5.50. The summed E-state index contributed by atoms with van der Waals surface area (Å²) in [5, 5.41) is 6.06. The number of aryl methyl sites for hydroxylation is 1. The molecular formula is C12H18ClFN4. The van der Waals surface area contributed by atoms with Crippen molar-refractivity contribution >= 4 is 11.6 Å². The van der Waals surface area contributed by atoms with Crippen LogP contribution in [0.15, 0.2) is 6.33 Å². The zero-order valence-corrected chi connectivity index (χ0v) is 11.4. The first-order valence-electron chi connectivity index (χ1n) is 6.43. The van der Waals surface area contributed by atoms with E-state index in [0.29, 0.717) is 12.6 Å². The normalized spacial score (nSPS) is 42.7. The van der Waals surface area contributed by atoms with Gasteiger partial charge in [-0.2, -0.15) is 5.10 Å². The molecule has 4 unspecified atom stereocenters. The predicted molar refractivity (Wildman–Crippen MR) is 67.1 cm³/mol. The lowest BCUT2D eigenvalue weighted by atomic mass is 10.0. The fraction of sp³-hybridized carbons (Fsp3) is 0.833. The third kappa shape index (κ3) is 1.67. The predicted octanol–water partition coefficient (Wildman–Crippen LogP) is 1.74. The van der Waals surface area contributed by atoms with Gasteiger partial charge >= 0.3 is 0 Å². The zero-order chi connectivity index (χ0) is 13.0. The highest BCUT2D eigenvalue weighted by atomic mass is 35.5. The van der Waals surface area contributed by atoms with E-state index < -0.39 is 10.5 Å². The minimum absolute atomic E-state index is 0.0929. The second kappa shape index (κ2) is 3.90. The Morgan fingerprint density at radius 2 is 2.39 bits per heavy atom. The largest absolute Gasteiger partial charge is 0.311 e. The molecule has 1 aromatic heterocycles. The number of fused-ring (bicyclic) bond motifs is 1. The van der Waals surface area contributed by atoms with Crippen molar-refractivity contribution in [2.24, 2.45) is 11.3 Å². The molecule has 0 radical (unpaired) electrons. The molecule has 18 heavy (non-hydrogen) atoms. The van der Waals surface area contributed by atoms with Crippen molar-refractivity contribution in [3.8, 4) is 0 Å². The van der Waals surface area contributed by atoms with Crippen LogP contribution in [0.1, 0.15) is 26.1 Å². The third-order valence-electron chi connectivity index (χ3n) is 4.74. The minimum atomic E-state index is -1.55. The number of alkyl halides is 2. The van der Waals surface area contributed by atoms with Crippen LogP contribution in [0.4, 0.5) is 4.39 Å². The van der Waals surface area contributed by atoms with Gasteiger partial charge in [-0.15, -0.1) is 0 Å². The summed E-state index contributed by atoms with van der Waals surface area (Å²) in [7, 11) is 0. The van der Waals surface area contributed by atoms with Crippen molar-refractivity contribution in [1.29, 1.82) is 0 Å². The van der Waals surface area contributed by atoms with Gasteiger partial charge in [0.1, 0.15) is 12.2 Å². The summed E-state index contributed by atoms with van der Waals surface area (Å²) in [6.07, 6.45) is 3.53. The van der Waals surface area contributed by atoms with E-state index in [9.17, 15) is 4.39 Å².